The van der Waals surface area contributed by atoms with Crippen molar-refractivity contribution in [1.29, 1.82) is 0 Å². The fourth-order valence-electron chi connectivity index (χ4n) is 3.02. The predicted octanol–water partition coefficient (Wildman–Crippen LogP) is 3.36. The normalized spacial score (nSPS) is 12.2. The van der Waals surface area contributed by atoms with Gasteiger partial charge in [0.05, 0.1) is 22.3 Å². The van der Waals surface area contributed by atoms with Crippen LogP contribution in [0, 0.1) is 13.8 Å². The molecule has 148 valence electrons. The van der Waals surface area contributed by atoms with Gasteiger partial charge in [-0.3, -0.25) is 9.48 Å². The molecule has 0 bridgehead atoms. The topological polar surface area (TPSA) is 77.6 Å². The molecule has 1 aromatic carbocycles. The van der Waals surface area contributed by atoms with Crippen LogP contribution in [0.4, 0.5) is 5.69 Å². The monoisotopic (exact) mass is 398 g/mol. The third-order valence-electron chi connectivity index (χ3n) is 4.72. The Hall–Kier alpha value is -2.61. The van der Waals surface area contributed by atoms with Gasteiger partial charge in [0.15, 0.2) is 5.16 Å². The molecule has 0 saturated carbocycles. The number of rotatable bonds is 7. The van der Waals surface area contributed by atoms with E-state index in [1.165, 1.54) is 17.3 Å². The Morgan fingerprint density at radius 2 is 1.93 bits per heavy atom. The molecule has 7 nitrogen and oxygen atoms in total. The lowest BCUT2D eigenvalue weighted by Crippen LogP contribution is -2.23. The van der Waals surface area contributed by atoms with Crippen LogP contribution in [0.3, 0.4) is 0 Å². The summed E-state index contributed by atoms with van der Waals surface area (Å²) in [5.41, 5.74) is 3.72. The van der Waals surface area contributed by atoms with E-state index in [2.05, 4.69) is 44.2 Å². The molecule has 2 heterocycles. The van der Waals surface area contributed by atoms with E-state index in [0.717, 1.165) is 41.0 Å². The summed E-state index contributed by atoms with van der Waals surface area (Å²) in [6, 6.07) is 10.2. The van der Waals surface area contributed by atoms with E-state index in [4.69, 9.17) is 0 Å². The van der Waals surface area contributed by atoms with Crippen molar-refractivity contribution >= 4 is 23.4 Å². The number of thioether (sulfide) groups is 1. The molecule has 1 atom stereocenters. The molecule has 0 aliphatic heterocycles. The molecule has 0 saturated heterocycles. The van der Waals surface area contributed by atoms with Crippen molar-refractivity contribution < 1.29 is 4.79 Å². The minimum absolute atomic E-state index is 0.0699. The average Bonchev–Trinajstić information content (AvgIpc) is 3.17. The Balaban J connectivity index is 1.71. The summed E-state index contributed by atoms with van der Waals surface area (Å²) in [5.74, 6) is 0.835. The number of nitrogens with one attached hydrogen (secondary N) is 1. The van der Waals surface area contributed by atoms with Crippen molar-refractivity contribution in [3.63, 3.8) is 0 Å². The third-order valence-corrected chi connectivity index (χ3v) is 5.80. The van der Waals surface area contributed by atoms with Crippen LogP contribution in [0.1, 0.15) is 36.6 Å². The molecule has 0 aliphatic rings. The van der Waals surface area contributed by atoms with Crippen LogP contribution in [-0.4, -0.2) is 35.7 Å². The highest BCUT2D eigenvalue weighted by Gasteiger charge is 2.22. The standard InChI is InChI=1S/C20H26N6OS/c1-6-26-17(12-16-10-8-7-9-11-16)22-23-20(26)28-15(4)19(27)21-18-13(2)24-25(5)14(18)3/h7-11,15H,6,12H2,1-5H3,(H,21,27)/t15-/m0/s1. The van der Waals surface area contributed by atoms with Crippen LogP contribution in [0.2, 0.25) is 0 Å². The second-order valence-corrected chi connectivity index (χ2v) is 8.03. The summed E-state index contributed by atoms with van der Waals surface area (Å²) in [5, 5.41) is 16.5. The quantitative estimate of drug-likeness (QED) is 0.618. The number of amides is 1. The maximum atomic E-state index is 12.7. The van der Waals surface area contributed by atoms with Crippen molar-refractivity contribution in [3.05, 3.63) is 53.1 Å². The number of anilines is 1. The van der Waals surface area contributed by atoms with Gasteiger partial charge in [0, 0.05) is 20.0 Å². The van der Waals surface area contributed by atoms with Crippen LogP contribution in [0.5, 0.6) is 0 Å². The fraction of sp³-hybridized carbons (Fsp3) is 0.400. The first-order valence-electron chi connectivity index (χ1n) is 9.34. The minimum atomic E-state index is -0.307. The van der Waals surface area contributed by atoms with Gasteiger partial charge in [-0.2, -0.15) is 5.10 Å². The van der Waals surface area contributed by atoms with E-state index in [9.17, 15) is 4.79 Å². The van der Waals surface area contributed by atoms with Crippen LogP contribution < -0.4 is 5.32 Å². The molecule has 8 heteroatoms. The maximum absolute atomic E-state index is 12.7. The molecule has 0 radical (unpaired) electrons. The van der Waals surface area contributed by atoms with Gasteiger partial charge >= 0.3 is 0 Å². The number of carbonyl (C=O) groups is 1. The first-order valence-corrected chi connectivity index (χ1v) is 10.2. The van der Waals surface area contributed by atoms with Gasteiger partial charge in [-0.25, -0.2) is 0 Å². The maximum Gasteiger partial charge on any atom is 0.237 e. The fourth-order valence-corrected chi connectivity index (χ4v) is 3.96. The van der Waals surface area contributed by atoms with Crippen LogP contribution in [0.25, 0.3) is 0 Å². The number of benzene rings is 1. The van der Waals surface area contributed by atoms with E-state index >= 15 is 0 Å². The van der Waals surface area contributed by atoms with Crippen molar-refractivity contribution in [2.75, 3.05) is 5.32 Å². The highest BCUT2D eigenvalue weighted by atomic mass is 32.2. The summed E-state index contributed by atoms with van der Waals surface area (Å²) in [6.45, 7) is 8.54. The van der Waals surface area contributed by atoms with Crippen molar-refractivity contribution in [1.82, 2.24) is 24.5 Å². The van der Waals surface area contributed by atoms with Gasteiger partial charge in [0.1, 0.15) is 5.82 Å². The first kappa shape index (κ1) is 20.1. The molecule has 28 heavy (non-hydrogen) atoms. The third kappa shape index (κ3) is 4.27. The van der Waals surface area contributed by atoms with Gasteiger partial charge < -0.3 is 9.88 Å². The Bertz CT molecular complexity index is 963. The Kier molecular flexibility index (Phi) is 6.18. The van der Waals surface area contributed by atoms with Gasteiger partial charge in [-0.15, -0.1) is 10.2 Å². The molecule has 1 N–H and O–H groups in total. The van der Waals surface area contributed by atoms with E-state index in [0.29, 0.717) is 0 Å². The zero-order valence-corrected chi connectivity index (χ0v) is 17.7. The zero-order valence-electron chi connectivity index (χ0n) is 16.9. The molecule has 0 aliphatic carbocycles. The summed E-state index contributed by atoms with van der Waals surface area (Å²) in [4.78, 5) is 12.7. The highest BCUT2D eigenvalue weighted by Crippen LogP contribution is 2.25. The lowest BCUT2D eigenvalue weighted by Gasteiger charge is -2.13. The number of aryl methyl sites for hydroxylation is 2. The van der Waals surface area contributed by atoms with Crippen molar-refractivity contribution in [2.45, 2.75) is 51.1 Å². The Morgan fingerprint density at radius 3 is 2.54 bits per heavy atom. The Labute approximate surface area is 169 Å². The van der Waals surface area contributed by atoms with Crippen LogP contribution in [0.15, 0.2) is 35.5 Å². The molecule has 0 unspecified atom stereocenters. The molecule has 0 spiro atoms. The summed E-state index contributed by atoms with van der Waals surface area (Å²) >= 11 is 1.42. The molecule has 3 aromatic rings. The van der Waals surface area contributed by atoms with E-state index in [1.54, 1.807) is 4.68 Å². The van der Waals surface area contributed by atoms with E-state index < -0.39 is 0 Å². The molecular weight excluding hydrogens is 372 g/mol. The lowest BCUT2D eigenvalue weighted by molar-refractivity contribution is -0.115. The zero-order chi connectivity index (χ0) is 20.3. The summed E-state index contributed by atoms with van der Waals surface area (Å²) in [7, 11) is 1.87. The SMILES string of the molecule is CCn1c(Cc2ccccc2)nnc1S[C@@H](C)C(=O)Nc1c(C)nn(C)c1C. The number of hydrogen-bond acceptors (Lipinski definition) is 5. The van der Waals surface area contributed by atoms with Gasteiger partial charge in [0.25, 0.3) is 0 Å². The van der Waals surface area contributed by atoms with Crippen molar-refractivity contribution in [2.24, 2.45) is 7.05 Å². The second kappa shape index (κ2) is 8.60. The molecule has 3 rings (SSSR count). The van der Waals surface area contributed by atoms with E-state index in [1.807, 2.05) is 46.0 Å². The van der Waals surface area contributed by atoms with Crippen molar-refractivity contribution in [3.8, 4) is 0 Å². The number of carbonyl (C=O) groups excluding carboxylic acids is 1. The molecule has 0 fully saturated rings. The number of aromatic nitrogens is 5. The summed E-state index contributed by atoms with van der Waals surface area (Å²) < 4.78 is 3.84. The lowest BCUT2D eigenvalue weighted by atomic mass is 10.1. The molecule has 2 aromatic heterocycles. The smallest absolute Gasteiger partial charge is 0.237 e. The minimum Gasteiger partial charge on any atom is -0.322 e. The molecule has 1 amide bonds. The van der Waals surface area contributed by atoms with Crippen LogP contribution >= 0.6 is 11.8 Å². The highest BCUT2D eigenvalue weighted by molar-refractivity contribution is 8.00. The average molecular weight is 399 g/mol. The molecular formula is C20H26N6OS. The van der Waals surface area contributed by atoms with E-state index in [-0.39, 0.29) is 11.2 Å². The predicted molar refractivity (Wildman–Crippen MR) is 112 cm³/mol. The first-order chi connectivity index (χ1) is 13.4. The van der Waals surface area contributed by atoms with Crippen LogP contribution in [-0.2, 0) is 24.8 Å². The summed E-state index contributed by atoms with van der Waals surface area (Å²) in [6.07, 6.45) is 0.719. The number of hydrogen-bond donors (Lipinski definition) is 1. The van der Waals surface area contributed by atoms with Gasteiger partial charge in [-0.1, -0.05) is 42.1 Å². The van der Waals surface area contributed by atoms with Gasteiger partial charge in [-0.05, 0) is 33.3 Å². The Morgan fingerprint density at radius 1 is 1.21 bits per heavy atom. The number of nitrogens with zero attached hydrogens (tertiary/aromatic N) is 5. The second-order valence-electron chi connectivity index (χ2n) is 6.72. The van der Waals surface area contributed by atoms with Gasteiger partial charge in [0.2, 0.25) is 5.91 Å². The largest absolute Gasteiger partial charge is 0.322 e.